The summed E-state index contributed by atoms with van der Waals surface area (Å²) in [6.07, 6.45) is 3.90. The minimum absolute atomic E-state index is 0.107. The van der Waals surface area contributed by atoms with Gasteiger partial charge in [-0.05, 0) is 43.4 Å². The Morgan fingerprint density at radius 1 is 1.15 bits per heavy atom. The third-order valence-electron chi connectivity index (χ3n) is 6.73. The smallest absolute Gasteiger partial charge is 0.315 e. The van der Waals surface area contributed by atoms with Crippen LogP contribution < -0.4 is 10.6 Å². The second kappa shape index (κ2) is 10.1. The number of aromatic nitrogens is 3. The predicted molar refractivity (Wildman–Crippen MR) is 118 cm³/mol. The summed E-state index contributed by atoms with van der Waals surface area (Å²) < 4.78 is 26.7. The molecule has 0 radical (unpaired) electrons. The van der Waals surface area contributed by atoms with E-state index in [-0.39, 0.29) is 30.1 Å². The Labute approximate surface area is 192 Å². The first kappa shape index (κ1) is 22.2. The van der Waals surface area contributed by atoms with Crippen LogP contribution in [0.3, 0.4) is 0 Å². The molecular formula is C23H31FN6O3. The van der Waals surface area contributed by atoms with Gasteiger partial charge in [0.05, 0.1) is 24.9 Å². The van der Waals surface area contributed by atoms with E-state index in [0.29, 0.717) is 19.7 Å². The summed E-state index contributed by atoms with van der Waals surface area (Å²) in [5.74, 6) is -0.253. The maximum absolute atomic E-state index is 13.2. The highest BCUT2D eigenvalue weighted by atomic mass is 19.1. The molecule has 5 rings (SSSR count). The molecule has 9 nitrogen and oxygen atoms in total. The van der Waals surface area contributed by atoms with Crippen LogP contribution in [0.2, 0.25) is 0 Å². The topological polar surface area (TPSA) is 93.5 Å². The number of nitrogens with zero attached hydrogens (tertiary/aromatic N) is 4. The fraction of sp³-hybridized carbons (Fsp3) is 0.609. The van der Waals surface area contributed by atoms with Crippen LogP contribution in [-0.4, -0.2) is 64.3 Å². The van der Waals surface area contributed by atoms with Gasteiger partial charge in [0.2, 0.25) is 0 Å². The van der Waals surface area contributed by atoms with E-state index in [4.69, 9.17) is 9.47 Å². The Morgan fingerprint density at radius 3 is 2.73 bits per heavy atom. The first-order chi connectivity index (χ1) is 16.1. The second-order valence-corrected chi connectivity index (χ2v) is 9.06. The number of amides is 2. The van der Waals surface area contributed by atoms with Crippen molar-refractivity contribution in [3.63, 3.8) is 0 Å². The van der Waals surface area contributed by atoms with Crippen molar-refractivity contribution in [2.45, 2.75) is 63.6 Å². The zero-order valence-electron chi connectivity index (χ0n) is 18.7. The van der Waals surface area contributed by atoms with Crippen molar-refractivity contribution in [3.05, 3.63) is 47.0 Å². The van der Waals surface area contributed by atoms with Gasteiger partial charge in [-0.15, -0.1) is 5.10 Å². The third-order valence-corrected chi connectivity index (χ3v) is 6.73. The standard InChI is InChI=1S/C23H31FN6O3/c24-17-5-3-16(4-6-17)22-14-30-21(15-33-22)20(27-28-30)13-29-9-7-18(8-10-29)26-23(31)25-12-19-2-1-11-32-19/h3-6,18-19,22H,1-2,7-15H2,(H2,25,26,31)/t19-,22+/m0/s1. The Morgan fingerprint density at radius 2 is 1.97 bits per heavy atom. The lowest BCUT2D eigenvalue weighted by molar-refractivity contribution is -0.00219. The third kappa shape index (κ3) is 5.51. The van der Waals surface area contributed by atoms with Gasteiger partial charge < -0.3 is 20.1 Å². The van der Waals surface area contributed by atoms with Gasteiger partial charge in [0.15, 0.2) is 0 Å². The molecule has 0 saturated carbocycles. The SMILES string of the molecule is O=C(NC[C@@H]1CCCO1)NC1CCN(Cc2nnn3c2CO[C@@H](c2ccc(F)cc2)C3)CC1. The summed E-state index contributed by atoms with van der Waals surface area (Å²) >= 11 is 0. The zero-order valence-corrected chi connectivity index (χ0v) is 18.7. The summed E-state index contributed by atoms with van der Waals surface area (Å²) in [6, 6.07) is 6.48. The average Bonchev–Trinajstić information content (AvgIpc) is 3.49. The van der Waals surface area contributed by atoms with E-state index in [9.17, 15) is 9.18 Å². The molecule has 0 aliphatic carbocycles. The van der Waals surface area contributed by atoms with Crippen LogP contribution in [0.4, 0.5) is 9.18 Å². The van der Waals surface area contributed by atoms with Crippen molar-refractivity contribution in [3.8, 4) is 0 Å². The molecule has 1 aromatic carbocycles. The first-order valence-corrected chi connectivity index (χ1v) is 11.8. The molecule has 2 fully saturated rings. The number of hydrogen-bond donors (Lipinski definition) is 2. The number of ether oxygens (including phenoxy) is 2. The molecule has 3 aliphatic heterocycles. The van der Waals surface area contributed by atoms with Crippen molar-refractivity contribution in [1.82, 2.24) is 30.5 Å². The van der Waals surface area contributed by atoms with E-state index in [0.717, 1.165) is 68.9 Å². The number of likely N-dealkylation sites (tertiary alicyclic amines) is 1. The molecule has 2 aromatic rings. The number of rotatable bonds is 6. The molecule has 33 heavy (non-hydrogen) atoms. The van der Waals surface area contributed by atoms with Crippen LogP contribution >= 0.6 is 0 Å². The molecule has 0 spiro atoms. The van der Waals surface area contributed by atoms with Crippen molar-refractivity contribution < 1.29 is 18.7 Å². The predicted octanol–water partition coefficient (Wildman–Crippen LogP) is 2.13. The fourth-order valence-electron chi connectivity index (χ4n) is 4.76. The summed E-state index contributed by atoms with van der Waals surface area (Å²) in [6.45, 7) is 4.88. The van der Waals surface area contributed by atoms with Gasteiger partial charge in [0.1, 0.15) is 17.6 Å². The Bertz CT molecular complexity index is 938. The number of piperidine rings is 1. The number of hydrogen-bond acceptors (Lipinski definition) is 6. The molecule has 2 atom stereocenters. The van der Waals surface area contributed by atoms with Crippen molar-refractivity contribution >= 4 is 6.03 Å². The van der Waals surface area contributed by atoms with Crippen LogP contribution in [0, 0.1) is 5.82 Å². The van der Waals surface area contributed by atoms with E-state index < -0.39 is 0 Å². The van der Waals surface area contributed by atoms with Gasteiger partial charge in [-0.1, -0.05) is 17.3 Å². The molecular weight excluding hydrogens is 427 g/mol. The van der Waals surface area contributed by atoms with E-state index >= 15 is 0 Å². The summed E-state index contributed by atoms with van der Waals surface area (Å²) in [5.41, 5.74) is 2.88. The normalized spacial score (nSPS) is 23.9. The molecule has 2 saturated heterocycles. The lowest BCUT2D eigenvalue weighted by Crippen LogP contribution is -2.48. The molecule has 1 aromatic heterocycles. The summed E-state index contributed by atoms with van der Waals surface area (Å²) in [4.78, 5) is 14.5. The van der Waals surface area contributed by atoms with Crippen LogP contribution in [0.5, 0.6) is 0 Å². The molecule has 4 heterocycles. The van der Waals surface area contributed by atoms with Crippen molar-refractivity contribution in [2.75, 3.05) is 26.2 Å². The largest absolute Gasteiger partial charge is 0.376 e. The van der Waals surface area contributed by atoms with Gasteiger partial charge in [0.25, 0.3) is 0 Å². The lowest BCUT2D eigenvalue weighted by atomic mass is 10.0. The number of urea groups is 1. The summed E-state index contributed by atoms with van der Waals surface area (Å²) in [7, 11) is 0. The van der Waals surface area contributed by atoms with Crippen LogP contribution in [0.15, 0.2) is 24.3 Å². The molecule has 2 N–H and O–H groups in total. The second-order valence-electron chi connectivity index (χ2n) is 9.06. The number of carbonyl (C=O) groups excluding carboxylic acids is 1. The van der Waals surface area contributed by atoms with Gasteiger partial charge in [0, 0.05) is 38.8 Å². The monoisotopic (exact) mass is 458 g/mol. The molecule has 3 aliphatic rings. The van der Waals surface area contributed by atoms with Crippen molar-refractivity contribution in [2.24, 2.45) is 0 Å². The zero-order chi connectivity index (χ0) is 22.6. The number of fused-ring (bicyclic) bond motifs is 1. The minimum Gasteiger partial charge on any atom is -0.376 e. The van der Waals surface area contributed by atoms with Gasteiger partial charge in [-0.3, -0.25) is 4.90 Å². The van der Waals surface area contributed by atoms with Gasteiger partial charge in [-0.2, -0.15) is 0 Å². The van der Waals surface area contributed by atoms with E-state index in [1.165, 1.54) is 12.1 Å². The highest BCUT2D eigenvalue weighted by Gasteiger charge is 2.27. The summed E-state index contributed by atoms with van der Waals surface area (Å²) in [5, 5.41) is 14.8. The maximum Gasteiger partial charge on any atom is 0.315 e. The highest BCUT2D eigenvalue weighted by Crippen LogP contribution is 2.27. The van der Waals surface area contributed by atoms with E-state index in [1.807, 2.05) is 4.68 Å². The first-order valence-electron chi connectivity index (χ1n) is 11.8. The van der Waals surface area contributed by atoms with E-state index in [2.05, 4.69) is 25.8 Å². The number of benzene rings is 1. The minimum atomic E-state index is -0.253. The maximum atomic E-state index is 13.2. The Balaban J connectivity index is 1.07. The number of carbonyl (C=O) groups is 1. The quantitative estimate of drug-likeness (QED) is 0.689. The molecule has 0 unspecified atom stereocenters. The number of nitrogens with one attached hydrogen (secondary N) is 2. The van der Waals surface area contributed by atoms with Crippen LogP contribution in [0.1, 0.15) is 48.7 Å². The van der Waals surface area contributed by atoms with E-state index in [1.54, 1.807) is 12.1 Å². The highest BCUT2D eigenvalue weighted by molar-refractivity contribution is 5.74. The average molecular weight is 459 g/mol. The van der Waals surface area contributed by atoms with Crippen LogP contribution in [-0.2, 0) is 29.2 Å². The fourth-order valence-corrected chi connectivity index (χ4v) is 4.76. The molecule has 178 valence electrons. The Hall–Kier alpha value is -2.56. The number of halogens is 1. The molecule has 0 bridgehead atoms. The van der Waals surface area contributed by atoms with Gasteiger partial charge >= 0.3 is 6.03 Å². The van der Waals surface area contributed by atoms with Crippen LogP contribution in [0.25, 0.3) is 0 Å². The Kier molecular flexibility index (Phi) is 6.84. The lowest BCUT2D eigenvalue weighted by Gasteiger charge is -2.32. The molecule has 2 amide bonds. The molecule has 10 heteroatoms. The van der Waals surface area contributed by atoms with Crippen molar-refractivity contribution in [1.29, 1.82) is 0 Å². The van der Waals surface area contributed by atoms with Gasteiger partial charge in [-0.25, -0.2) is 13.9 Å².